The lowest BCUT2D eigenvalue weighted by molar-refractivity contribution is -0.119. The largest absolute Gasteiger partial charge is 0.487 e. The predicted molar refractivity (Wildman–Crippen MR) is 43.1 cm³/mol. The number of ether oxygens (including phenoxy) is 1. The molecule has 11 heavy (non-hydrogen) atoms. The van der Waals surface area contributed by atoms with Gasteiger partial charge in [0.15, 0.2) is 11.9 Å². The van der Waals surface area contributed by atoms with Crippen LogP contribution in [0.25, 0.3) is 0 Å². The number of hydrogen-bond donors (Lipinski definition) is 0. The molecule has 0 aromatic heterocycles. The molecule has 0 saturated heterocycles. The predicted octanol–water partition coefficient (Wildman–Crippen LogP) is 1.90. The van der Waals surface area contributed by atoms with Gasteiger partial charge < -0.3 is 4.74 Å². The minimum absolute atomic E-state index is 0.0978. The van der Waals surface area contributed by atoms with Crippen molar-refractivity contribution in [3.63, 3.8) is 0 Å². The zero-order valence-electron chi connectivity index (χ0n) is 7.26. The van der Waals surface area contributed by atoms with Crippen molar-refractivity contribution in [2.45, 2.75) is 33.3 Å². The van der Waals surface area contributed by atoms with Gasteiger partial charge in [-0.15, -0.1) is 0 Å². The molecule has 0 radical (unpaired) electrons. The van der Waals surface area contributed by atoms with Crippen LogP contribution in [-0.4, -0.2) is 11.9 Å². The molecule has 0 amide bonds. The van der Waals surface area contributed by atoms with Gasteiger partial charge in [-0.3, -0.25) is 4.79 Å². The Bertz CT molecular complexity index is 192. The van der Waals surface area contributed by atoms with Crippen LogP contribution in [0, 0.1) is 5.92 Å². The molecule has 0 aromatic carbocycles. The van der Waals surface area contributed by atoms with Crippen LogP contribution in [0.5, 0.6) is 0 Å². The van der Waals surface area contributed by atoms with Crippen LogP contribution >= 0.6 is 0 Å². The molecule has 1 rings (SSSR count). The van der Waals surface area contributed by atoms with Crippen molar-refractivity contribution in [1.82, 2.24) is 0 Å². The Labute approximate surface area is 67.2 Å². The molecule has 0 N–H and O–H groups in total. The highest BCUT2D eigenvalue weighted by molar-refractivity contribution is 5.95. The molecule has 1 heterocycles. The van der Waals surface area contributed by atoms with Gasteiger partial charge in [0.2, 0.25) is 0 Å². The quantitative estimate of drug-likeness (QED) is 0.607. The summed E-state index contributed by atoms with van der Waals surface area (Å²) in [4.78, 5) is 11.0. The van der Waals surface area contributed by atoms with Gasteiger partial charge in [-0.2, -0.15) is 0 Å². The van der Waals surface area contributed by atoms with Crippen LogP contribution in [-0.2, 0) is 9.53 Å². The standard InChI is InChI=1S/C9H14O2/c1-6(2)4-8-5-9(10)7(3)11-8/h5-7H,4H2,1-3H3/t7-/m0/s1. The third-order valence-corrected chi connectivity index (χ3v) is 1.64. The average molecular weight is 154 g/mol. The van der Waals surface area contributed by atoms with Gasteiger partial charge in [-0.05, 0) is 12.8 Å². The highest BCUT2D eigenvalue weighted by Crippen LogP contribution is 2.20. The summed E-state index contributed by atoms with van der Waals surface area (Å²) in [5.41, 5.74) is 0. The Kier molecular flexibility index (Phi) is 2.32. The zero-order valence-corrected chi connectivity index (χ0v) is 7.26. The van der Waals surface area contributed by atoms with Crippen molar-refractivity contribution in [2.24, 2.45) is 5.92 Å². The van der Waals surface area contributed by atoms with Gasteiger partial charge in [0, 0.05) is 12.5 Å². The average Bonchev–Trinajstić information content (AvgIpc) is 2.10. The van der Waals surface area contributed by atoms with E-state index in [-0.39, 0.29) is 11.9 Å². The fraction of sp³-hybridized carbons (Fsp3) is 0.667. The van der Waals surface area contributed by atoms with E-state index in [0.29, 0.717) is 5.92 Å². The molecule has 0 fully saturated rings. The Balaban J connectivity index is 2.50. The lowest BCUT2D eigenvalue weighted by atomic mass is 10.1. The summed E-state index contributed by atoms with van der Waals surface area (Å²) in [6.07, 6.45) is 2.24. The summed E-state index contributed by atoms with van der Waals surface area (Å²) in [5, 5.41) is 0. The van der Waals surface area contributed by atoms with Crippen LogP contribution in [0.15, 0.2) is 11.8 Å². The van der Waals surface area contributed by atoms with E-state index in [2.05, 4.69) is 13.8 Å². The van der Waals surface area contributed by atoms with Crippen molar-refractivity contribution in [1.29, 1.82) is 0 Å². The first kappa shape index (κ1) is 8.31. The lowest BCUT2D eigenvalue weighted by Crippen LogP contribution is -2.10. The smallest absolute Gasteiger partial charge is 0.199 e. The number of carbonyl (C=O) groups excluding carboxylic acids is 1. The monoisotopic (exact) mass is 154 g/mol. The zero-order chi connectivity index (χ0) is 8.43. The Morgan fingerprint density at radius 3 is 2.64 bits per heavy atom. The van der Waals surface area contributed by atoms with Crippen LogP contribution in [0.4, 0.5) is 0 Å². The van der Waals surface area contributed by atoms with Crippen molar-refractivity contribution >= 4 is 5.78 Å². The Hall–Kier alpha value is -0.790. The second-order valence-corrected chi connectivity index (χ2v) is 3.37. The van der Waals surface area contributed by atoms with Crippen LogP contribution in [0.1, 0.15) is 27.2 Å². The molecule has 0 unspecified atom stereocenters. The fourth-order valence-electron chi connectivity index (χ4n) is 1.10. The van der Waals surface area contributed by atoms with E-state index < -0.39 is 0 Å². The number of rotatable bonds is 2. The van der Waals surface area contributed by atoms with Crippen LogP contribution in [0.3, 0.4) is 0 Å². The van der Waals surface area contributed by atoms with Crippen molar-refractivity contribution in [2.75, 3.05) is 0 Å². The number of ketones is 1. The summed E-state index contributed by atoms with van der Waals surface area (Å²) in [7, 11) is 0. The molecule has 62 valence electrons. The van der Waals surface area contributed by atoms with Gasteiger partial charge in [0.05, 0.1) is 0 Å². The third kappa shape index (κ3) is 2.07. The highest BCUT2D eigenvalue weighted by atomic mass is 16.5. The third-order valence-electron chi connectivity index (χ3n) is 1.64. The maximum Gasteiger partial charge on any atom is 0.199 e. The fourth-order valence-corrected chi connectivity index (χ4v) is 1.10. The number of carbonyl (C=O) groups is 1. The van der Waals surface area contributed by atoms with Crippen molar-refractivity contribution < 1.29 is 9.53 Å². The summed E-state index contributed by atoms with van der Waals surface area (Å²) in [5.74, 6) is 1.50. The number of hydrogen-bond acceptors (Lipinski definition) is 2. The van der Waals surface area contributed by atoms with E-state index in [0.717, 1.165) is 12.2 Å². The van der Waals surface area contributed by atoms with Gasteiger partial charge in [-0.1, -0.05) is 13.8 Å². The van der Waals surface area contributed by atoms with E-state index in [1.165, 1.54) is 0 Å². The first-order valence-electron chi connectivity index (χ1n) is 4.00. The maximum atomic E-state index is 11.0. The summed E-state index contributed by atoms with van der Waals surface area (Å²) < 4.78 is 5.30. The molecule has 0 aliphatic carbocycles. The molecular formula is C9H14O2. The first-order valence-corrected chi connectivity index (χ1v) is 4.00. The molecule has 0 bridgehead atoms. The van der Waals surface area contributed by atoms with E-state index in [4.69, 9.17) is 4.74 Å². The molecule has 0 spiro atoms. The second kappa shape index (κ2) is 3.07. The summed E-state index contributed by atoms with van der Waals surface area (Å²) >= 11 is 0. The molecule has 1 aliphatic rings. The second-order valence-electron chi connectivity index (χ2n) is 3.37. The minimum Gasteiger partial charge on any atom is -0.487 e. The van der Waals surface area contributed by atoms with E-state index in [1.54, 1.807) is 13.0 Å². The van der Waals surface area contributed by atoms with E-state index in [9.17, 15) is 4.79 Å². The van der Waals surface area contributed by atoms with E-state index in [1.807, 2.05) is 0 Å². The van der Waals surface area contributed by atoms with Crippen molar-refractivity contribution in [3.05, 3.63) is 11.8 Å². The van der Waals surface area contributed by atoms with Crippen LogP contribution < -0.4 is 0 Å². The van der Waals surface area contributed by atoms with Gasteiger partial charge >= 0.3 is 0 Å². The van der Waals surface area contributed by atoms with Gasteiger partial charge in [0.25, 0.3) is 0 Å². The molecule has 2 nitrogen and oxygen atoms in total. The van der Waals surface area contributed by atoms with E-state index >= 15 is 0 Å². The SMILES string of the molecule is CC(C)CC1=CC(=O)[C@H](C)O1. The molecule has 0 aromatic rings. The number of allylic oxidation sites excluding steroid dienone is 1. The minimum atomic E-state index is -0.247. The van der Waals surface area contributed by atoms with Crippen LogP contribution in [0.2, 0.25) is 0 Å². The van der Waals surface area contributed by atoms with Gasteiger partial charge in [0.1, 0.15) is 5.76 Å². The molecule has 2 heteroatoms. The maximum absolute atomic E-state index is 11.0. The molecule has 1 aliphatic heterocycles. The lowest BCUT2D eigenvalue weighted by Gasteiger charge is -2.08. The topological polar surface area (TPSA) is 26.3 Å². The van der Waals surface area contributed by atoms with Gasteiger partial charge in [-0.25, -0.2) is 0 Å². The molecular weight excluding hydrogens is 140 g/mol. The summed E-state index contributed by atoms with van der Waals surface area (Å²) in [6.45, 7) is 6.00. The summed E-state index contributed by atoms with van der Waals surface area (Å²) in [6, 6.07) is 0. The molecule has 0 saturated carbocycles. The first-order chi connectivity index (χ1) is 5.09. The molecule has 1 atom stereocenters. The Morgan fingerprint density at radius 2 is 2.27 bits per heavy atom. The van der Waals surface area contributed by atoms with Crippen molar-refractivity contribution in [3.8, 4) is 0 Å². The highest BCUT2D eigenvalue weighted by Gasteiger charge is 2.22. The normalized spacial score (nSPS) is 23.8. The Morgan fingerprint density at radius 1 is 1.64 bits per heavy atom.